The lowest BCUT2D eigenvalue weighted by molar-refractivity contribution is 0.217. The Bertz CT molecular complexity index is 908. The normalized spacial score (nSPS) is 20.8. The highest BCUT2D eigenvalue weighted by Crippen LogP contribution is 2.40. The van der Waals surface area contributed by atoms with E-state index in [4.69, 9.17) is 5.73 Å². The van der Waals surface area contributed by atoms with E-state index >= 15 is 0 Å². The van der Waals surface area contributed by atoms with Gasteiger partial charge in [-0.1, -0.05) is 0 Å². The lowest BCUT2D eigenvalue weighted by Gasteiger charge is -2.32. The van der Waals surface area contributed by atoms with Gasteiger partial charge in [0, 0.05) is 10.9 Å². The standard InChI is InChI=1S/C18H24N6S2/c1-10-8-15(26-23-10)21-18-20-13-9-14(25-16(13)17(19)22-18)11-4-6-12(7-5-11)24(2)3/h8-9,11-12H,4-7H2,1-3H3,(H3,19,20,21,22). The van der Waals surface area contributed by atoms with Crippen LogP contribution in [0.5, 0.6) is 0 Å². The molecule has 1 aliphatic carbocycles. The molecule has 0 radical (unpaired) electrons. The second-order valence-corrected chi connectivity index (χ2v) is 9.11. The highest BCUT2D eigenvalue weighted by Gasteiger charge is 2.25. The quantitative estimate of drug-likeness (QED) is 0.691. The average molecular weight is 389 g/mol. The number of anilines is 3. The van der Waals surface area contributed by atoms with Crippen LogP contribution in [-0.2, 0) is 0 Å². The van der Waals surface area contributed by atoms with Gasteiger partial charge in [-0.3, -0.25) is 0 Å². The zero-order chi connectivity index (χ0) is 18.3. The molecule has 0 spiro atoms. The predicted molar refractivity (Wildman–Crippen MR) is 111 cm³/mol. The van der Waals surface area contributed by atoms with E-state index in [0.29, 0.717) is 23.7 Å². The zero-order valence-electron chi connectivity index (χ0n) is 15.3. The highest BCUT2D eigenvalue weighted by atomic mass is 32.1. The number of aromatic nitrogens is 3. The Labute approximate surface area is 161 Å². The molecular weight excluding hydrogens is 364 g/mol. The van der Waals surface area contributed by atoms with Crippen LogP contribution in [0.1, 0.15) is 42.2 Å². The number of thiophene rings is 1. The summed E-state index contributed by atoms with van der Waals surface area (Å²) in [5.41, 5.74) is 8.15. The Morgan fingerprint density at radius 1 is 1.15 bits per heavy atom. The van der Waals surface area contributed by atoms with Crippen LogP contribution < -0.4 is 11.1 Å². The van der Waals surface area contributed by atoms with Gasteiger partial charge in [0.05, 0.1) is 15.9 Å². The van der Waals surface area contributed by atoms with Crippen molar-refractivity contribution in [2.75, 3.05) is 25.1 Å². The van der Waals surface area contributed by atoms with Crippen LogP contribution in [0.4, 0.5) is 16.8 Å². The molecule has 1 saturated carbocycles. The van der Waals surface area contributed by atoms with Crippen molar-refractivity contribution in [1.29, 1.82) is 0 Å². The minimum Gasteiger partial charge on any atom is -0.382 e. The maximum atomic E-state index is 6.22. The largest absolute Gasteiger partial charge is 0.382 e. The number of nitrogens with two attached hydrogens (primary N) is 1. The number of nitrogen functional groups attached to an aromatic ring is 1. The van der Waals surface area contributed by atoms with Crippen molar-refractivity contribution < 1.29 is 0 Å². The van der Waals surface area contributed by atoms with Crippen molar-refractivity contribution in [1.82, 2.24) is 19.2 Å². The third kappa shape index (κ3) is 3.54. The van der Waals surface area contributed by atoms with Gasteiger partial charge in [0.1, 0.15) is 10.8 Å². The van der Waals surface area contributed by atoms with Crippen LogP contribution in [0, 0.1) is 6.92 Å². The molecule has 1 fully saturated rings. The Hall–Kier alpha value is -1.77. The van der Waals surface area contributed by atoms with Gasteiger partial charge in [-0.2, -0.15) is 9.36 Å². The molecule has 0 bridgehead atoms. The molecule has 8 heteroatoms. The molecule has 3 heterocycles. The van der Waals surface area contributed by atoms with Crippen LogP contribution in [-0.4, -0.2) is 39.4 Å². The summed E-state index contributed by atoms with van der Waals surface area (Å²) in [5.74, 6) is 1.71. The van der Waals surface area contributed by atoms with Crippen LogP contribution in [0.25, 0.3) is 10.2 Å². The monoisotopic (exact) mass is 388 g/mol. The van der Waals surface area contributed by atoms with E-state index in [2.05, 4.69) is 44.7 Å². The molecule has 0 amide bonds. The maximum Gasteiger partial charge on any atom is 0.230 e. The first kappa shape index (κ1) is 17.6. The van der Waals surface area contributed by atoms with Crippen molar-refractivity contribution in [3.8, 4) is 0 Å². The number of nitrogens with one attached hydrogen (secondary N) is 1. The fourth-order valence-corrected chi connectivity index (χ4v) is 5.46. The van der Waals surface area contributed by atoms with E-state index in [-0.39, 0.29) is 0 Å². The second-order valence-electron chi connectivity index (χ2n) is 7.22. The molecule has 138 valence electrons. The van der Waals surface area contributed by atoms with Crippen LogP contribution in [0.3, 0.4) is 0 Å². The Balaban J connectivity index is 1.56. The first-order chi connectivity index (χ1) is 12.5. The van der Waals surface area contributed by atoms with Crippen molar-refractivity contribution >= 4 is 49.9 Å². The van der Waals surface area contributed by atoms with Gasteiger partial charge < -0.3 is 16.0 Å². The van der Waals surface area contributed by atoms with Gasteiger partial charge in [-0.05, 0) is 76.3 Å². The summed E-state index contributed by atoms with van der Waals surface area (Å²) in [6.45, 7) is 1.97. The number of aryl methyl sites for hydroxylation is 1. The molecular formula is C18H24N6S2. The van der Waals surface area contributed by atoms with Crippen LogP contribution in [0.2, 0.25) is 0 Å². The van der Waals surface area contributed by atoms with Crippen molar-refractivity contribution in [3.63, 3.8) is 0 Å². The molecule has 0 aromatic carbocycles. The molecule has 1 aliphatic rings. The third-order valence-electron chi connectivity index (χ3n) is 5.11. The summed E-state index contributed by atoms with van der Waals surface area (Å²) in [6, 6.07) is 4.91. The van der Waals surface area contributed by atoms with Crippen LogP contribution >= 0.6 is 22.9 Å². The number of fused-ring (bicyclic) bond motifs is 1. The topological polar surface area (TPSA) is 80.0 Å². The van der Waals surface area contributed by atoms with Gasteiger partial charge in [0.15, 0.2) is 0 Å². The molecule has 0 aliphatic heterocycles. The number of hydrogen-bond donors (Lipinski definition) is 2. The second kappa shape index (κ2) is 7.09. The highest BCUT2D eigenvalue weighted by molar-refractivity contribution is 7.19. The van der Waals surface area contributed by atoms with Crippen molar-refractivity contribution in [3.05, 3.63) is 22.7 Å². The molecule has 26 heavy (non-hydrogen) atoms. The molecule has 3 aromatic rings. The average Bonchev–Trinajstić information content (AvgIpc) is 3.21. The molecule has 3 aromatic heterocycles. The lowest BCUT2D eigenvalue weighted by atomic mass is 9.85. The van der Waals surface area contributed by atoms with Crippen molar-refractivity contribution in [2.45, 2.75) is 44.6 Å². The first-order valence-electron chi connectivity index (χ1n) is 8.93. The fraction of sp³-hybridized carbons (Fsp3) is 0.500. The van der Waals surface area contributed by atoms with Gasteiger partial charge in [-0.25, -0.2) is 4.98 Å². The SMILES string of the molecule is Cc1cc(Nc2nc(N)c3sc(C4CCC(N(C)C)CC4)cc3n2)sn1. The van der Waals surface area contributed by atoms with Crippen LogP contribution in [0.15, 0.2) is 12.1 Å². The lowest BCUT2D eigenvalue weighted by Crippen LogP contribution is -2.31. The number of rotatable bonds is 4. The Kier molecular flexibility index (Phi) is 4.81. The molecule has 6 nitrogen and oxygen atoms in total. The Morgan fingerprint density at radius 2 is 1.92 bits per heavy atom. The summed E-state index contributed by atoms with van der Waals surface area (Å²) in [6.07, 6.45) is 4.97. The summed E-state index contributed by atoms with van der Waals surface area (Å²) in [4.78, 5) is 12.9. The first-order valence-corrected chi connectivity index (χ1v) is 10.5. The summed E-state index contributed by atoms with van der Waals surface area (Å²) in [7, 11) is 4.36. The minimum absolute atomic E-state index is 0.541. The van der Waals surface area contributed by atoms with Gasteiger partial charge >= 0.3 is 0 Å². The van der Waals surface area contributed by atoms with E-state index in [0.717, 1.165) is 20.9 Å². The summed E-state index contributed by atoms with van der Waals surface area (Å²) >= 11 is 3.16. The molecule has 3 N–H and O–H groups in total. The zero-order valence-corrected chi connectivity index (χ0v) is 17.0. The number of hydrogen-bond acceptors (Lipinski definition) is 8. The predicted octanol–water partition coefficient (Wildman–Crippen LogP) is 4.37. The van der Waals surface area contributed by atoms with E-state index in [9.17, 15) is 0 Å². The summed E-state index contributed by atoms with van der Waals surface area (Å²) < 4.78 is 5.27. The Morgan fingerprint density at radius 3 is 2.58 bits per heavy atom. The van der Waals surface area contributed by atoms with Gasteiger partial charge in [-0.15, -0.1) is 11.3 Å². The summed E-state index contributed by atoms with van der Waals surface area (Å²) in [5, 5.41) is 4.15. The third-order valence-corrected chi connectivity index (χ3v) is 7.21. The van der Waals surface area contributed by atoms with E-state index in [1.165, 1.54) is 42.1 Å². The van der Waals surface area contributed by atoms with Crippen molar-refractivity contribution in [2.24, 2.45) is 0 Å². The molecule has 4 rings (SSSR count). The number of nitrogens with zero attached hydrogens (tertiary/aromatic N) is 4. The van der Waals surface area contributed by atoms with Gasteiger partial charge in [0.2, 0.25) is 5.95 Å². The molecule has 0 unspecified atom stereocenters. The maximum absolute atomic E-state index is 6.22. The minimum atomic E-state index is 0.541. The van der Waals surface area contributed by atoms with E-state index in [1.54, 1.807) is 11.3 Å². The van der Waals surface area contributed by atoms with E-state index < -0.39 is 0 Å². The van der Waals surface area contributed by atoms with Gasteiger partial charge in [0.25, 0.3) is 0 Å². The molecule has 0 atom stereocenters. The smallest absolute Gasteiger partial charge is 0.230 e. The fourth-order valence-electron chi connectivity index (χ4n) is 3.64. The molecule has 0 saturated heterocycles. The van der Waals surface area contributed by atoms with E-state index in [1.807, 2.05) is 13.0 Å².